The minimum absolute atomic E-state index is 0.0449. The Hall–Kier alpha value is -1.58. The molecular weight excluding hydrogens is 164 g/mol. The lowest BCUT2D eigenvalue weighted by atomic mass is 10.2. The van der Waals surface area contributed by atoms with Crippen LogP contribution in [-0.4, -0.2) is 17.4 Å². The van der Waals surface area contributed by atoms with Gasteiger partial charge in [0.25, 0.3) is 0 Å². The number of nitrogen functional groups attached to an aromatic ring is 1. The summed E-state index contributed by atoms with van der Waals surface area (Å²) in [5, 5.41) is 10.5. The van der Waals surface area contributed by atoms with Gasteiger partial charge in [-0.25, -0.2) is 0 Å². The Morgan fingerprint density at radius 1 is 1.69 bits per heavy atom. The van der Waals surface area contributed by atoms with Crippen molar-refractivity contribution in [1.82, 2.24) is 4.98 Å². The number of nitrogens with one attached hydrogen (secondary N) is 2. The van der Waals surface area contributed by atoms with Crippen LogP contribution in [0.25, 0.3) is 0 Å². The van der Waals surface area contributed by atoms with E-state index in [1.54, 1.807) is 6.20 Å². The standard InChI is InChI=1S/C9H14N4/c1-3-12-8-4-6(2)13-5-7(8)9(10)11/h4-5H,3H2,1-2H3,(H3,10,11)(H,12,13). The van der Waals surface area contributed by atoms with Crippen molar-refractivity contribution in [3.8, 4) is 0 Å². The van der Waals surface area contributed by atoms with Crippen molar-refractivity contribution in [2.24, 2.45) is 5.73 Å². The number of amidine groups is 1. The summed E-state index contributed by atoms with van der Waals surface area (Å²) in [5.74, 6) is 0.0449. The minimum Gasteiger partial charge on any atom is -0.385 e. The lowest BCUT2D eigenvalue weighted by Gasteiger charge is -2.09. The highest BCUT2D eigenvalue weighted by Crippen LogP contribution is 2.14. The third-order valence-electron chi connectivity index (χ3n) is 1.70. The van der Waals surface area contributed by atoms with Gasteiger partial charge in [-0.3, -0.25) is 10.4 Å². The third kappa shape index (κ3) is 2.18. The number of pyridine rings is 1. The molecular formula is C9H14N4. The molecule has 0 saturated heterocycles. The van der Waals surface area contributed by atoms with Crippen molar-refractivity contribution in [2.45, 2.75) is 13.8 Å². The zero-order valence-electron chi connectivity index (χ0n) is 7.89. The van der Waals surface area contributed by atoms with Crippen molar-refractivity contribution in [3.63, 3.8) is 0 Å². The molecule has 70 valence electrons. The smallest absolute Gasteiger partial charge is 0.126 e. The van der Waals surface area contributed by atoms with E-state index < -0.39 is 0 Å². The molecule has 0 saturated carbocycles. The van der Waals surface area contributed by atoms with E-state index in [-0.39, 0.29) is 5.84 Å². The predicted molar refractivity (Wildman–Crippen MR) is 54.2 cm³/mol. The van der Waals surface area contributed by atoms with Crippen molar-refractivity contribution in [2.75, 3.05) is 11.9 Å². The second-order valence-corrected chi connectivity index (χ2v) is 2.82. The maximum absolute atomic E-state index is 7.32. The molecule has 4 N–H and O–H groups in total. The van der Waals surface area contributed by atoms with Gasteiger partial charge in [-0.15, -0.1) is 0 Å². The Morgan fingerprint density at radius 2 is 2.38 bits per heavy atom. The number of aryl methyl sites for hydroxylation is 1. The van der Waals surface area contributed by atoms with Gasteiger partial charge in [-0.2, -0.15) is 0 Å². The van der Waals surface area contributed by atoms with E-state index in [2.05, 4.69) is 10.3 Å². The summed E-state index contributed by atoms with van der Waals surface area (Å²) >= 11 is 0. The number of rotatable bonds is 3. The first kappa shape index (κ1) is 9.51. The van der Waals surface area contributed by atoms with Crippen LogP contribution in [0.3, 0.4) is 0 Å². The molecule has 0 amide bonds. The van der Waals surface area contributed by atoms with Gasteiger partial charge in [-0.05, 0) is 19.9 Å². The maximum atomic E-state index is 7.32. The fourth-order valence-electron chi connectivity index (χ4n) is 1.11. The zero-order chi connectivity index (χ0) is 9.84. The Balaban J connectivity index is 3.10. The zero-order valence-corrected chi connectivity index (χ0v) is 7.89. The lowest BCUT2D eigenvalue weighted by Crippen LogP contribution is -2.15. The quantitative estimate of drug-likeness (QED) is 0.479. The molecule has 1 aromatic heterocycles. The number of hydrogen-bond acceptors (Lipinski definition) is 3. The molecule has 0 atom stereocenters. The Morgan fingerprint density at radius 3 is 2.92 bits per heavy atom. The van der Waals surface area contributed by atoms with E-state index in [0.29, 0.717) is 5.56 Å². The second-order valence-electron chi connectivity index (χ2n) is 2.82. The molecule has 13 heavy (non-hydrogen) atoms. The number of aromatic nitrogens is 1. The van der Waals surface area contributed by atoms with E-state index in [0.717, 1.165) is 17.9 Å². The normalized spacial score (nSPS) is 9.69. The molecule has 4 nitrogen and oxygen atoms in total. The molecule has 0 fully saturated rings. The largest absolute Gasteiger partial charge is 0.385 e. The SMILES string of the molecule is CCNc1cc(C)ncc1C(=N)N. The number of nitrogens with two attached hydrogens (primary N) is 1. The van der Waals surface area contributed by atoms with E-state index in [1.807, 2.05) is 19.9 Å². The van der Waals surface area contributed by atoms with Gasteiger partial charge in [0.1, 0.15) is 5.84 Å². The number of nitrogens with zero attached hydrogens (tertiary/aromatic N) is 1. The summed E-state index contributed by atoms with van der Waals surface area (Å²) in [5.41, 5.74) is 7.85. The van der Waals surface area contributed by atoms with Crippen molar-refractivity contribution in [3.05, 3.63) is 23.5 Å². The van der Waals surface area contributed by atoms with Gasteiger partial charge in [-0.1, -0.05) is 0 Å². The van der Waals surface area contributed by atoms with E-state index in [4.69, 9.17) is 11.1 Å². The van der Waals surface area contributed by atoms with Crippen LogP contribution in [0.2, 0.25) is 0 Å². The predicted octanol–water partition coefficient (Wildman–Crippen LogP) is 1.11. The summed E-state index contributed by atoms with van der Waals surface area (Å²) in [7, 11) is 0. The maximum Gasteiger partial charge on any atom is 0.126 e. The van der Waals surface area contributed by atoms with Crippen LogP contribution in [0.5, 0.6) is 0 Å². The van der Waals surface area contributed by atoms with Gasteiger partial charge in [0.15, 0.2) is 0 Å². The van der Waals surface area contributed by atoms with Crippen LogP contribution in [0, 0.1) is 12.3 Å². The Labute approximate surface area is 77.7 Å². The fraction of sp³-hybridized carbons (Fsp3) is 0.333. The van der Waals surface area contributed by atoms with E-state index in [1.165, 1.54) is 0 Å². The topological polar surface area (TPSA) is 74.8 Å². The first-order chi connectivity index (χ1) is 6.15. The summed E-state index contributed by atoms with van der Waals surface area (Å²) in [4.78, 5) is 4.08. The van der Waals surface area contributed by atoms with Gasteiger partial charge in [0.2, 0.25) is 0 Å². The van der Waals surface area contributed by atoms with Crippen LogP contribution in [0.4, 0.5) is 5.69 Å². The average Bonchev–Trinajstić information content (AvgIpc) is 2.04. The fourth-order valence-corrected chi connectivity index (χ4v) is 1.11. The van der Waals surface area contributed by atoms with Crippen LogP contribution < -0.4 is 11.1 Å². The molecule has 0 aliphatic carbocycles. The molecule has 1 aromatic rings. The van der Waals surface area contributed by atoms with Gasteiger partial charge in [0, 0.05) is 24.1 Å². The van der Waals surface area contributed by atoms with E-state index >= 15 is 0 Å². The van der Waals surface area contributed by atoms with Crippen LogP contribution in [-0.2, 0) is 0 Å². The van der Waals surface area contributed by atoms with Crippen molar-refractivity contribution >= 4 is 11.5 Å². The molecule has 0 radical (unpaired) electrons. The van der Waals surface area contributed by atoms with Crippen LogP contribution in [0.15, 0.2) is 12.3 Å². The molecule has 0 spiro atoms. The van der Waals surface area contributed by atoms with Crippen molar-refractivity contribution < 1.29 is 0 Å². The first-order valence-electron chi connectivity index (χ1n) is 4.20. The molecule has 1 rings (SSSR count). The molecule has 0 aliphatic rings. The minimum atomic E-state index is 0.0449. The molecule has 0 bridgehead atoms. The monoisotopic (exact) mass is 178 g/mol. The summed E-state index contributed by atoms with van der Waals surface area (Å²) in [6.45, 7) is 4.72. The van der Waals surface area contributed by atoms with E-state index in [9.17, 15) is 0 Å². The Bertz CT molecular complexity index is 319. The van der Waals surface area contributed by atoms with Gasteiger partial charge >= 0.3 is 0 Å². The lowest BCUT2D eigenvalue weighted by molar-refractivity contribution is 1.15. The Kier molecular flexibility index (Phi) is 2.84. The highest BCUT2D eigenvalue weighted by molar-refractivity contribution is 5.99. The first-order valence-corrected chi connectivity index (χ1v) is 4.20. The van der Waals surface area contributed by atoms with Gasteiger partial charge in [0.05, 0.1) is 5.56 Å². The summed E-state index contributed by atoms with van der Waals surface area (Å²) in [6, 6.07) is 1.89. The second kappa shape index (κ2) is 3.89. The number of hydrogen-bond donors (Lipinski definition) is 3. The molecule has 0 unspecified atom stereocenters. The van der Waals surface area contributed by atoms with Crippen LogP contribution in [0.1, 0.15) is 18.2 Å². The molecule has 0 aromatic carbocycles. The van der Waals surface area contributed by atoms with Crippen molar-refractivity contribution in [1.29, 1.82) is 5.41 Å². The number of anilines is 1. The highest BCUT2D eigenvalue weighted by Gasteiger charge is 2.04. The van der Waals surface area contributed by atoms with Crippen LogP contribution >= 0.6 is 0 Å². The molecule has 4 heteroatoms. The van der Waals surface area contributed by atoms with Gasteiger partial charge < -0.3 is 11.1 Å². The third-order valence-corrected chi connectivity index (χ3v) is 1.70. The average molecular weight is 178 g/mol. The molecule has 1 heterocycles. The highest BCUT2D eigenvalue weighted by atomic mass is 14.9. The summed E-state index contributed by atoms with van der Waals surface area (Å²) in [6.07, 6.45) is 1.62. The molecule has 0 aliphatic heterocycles. The summed E-state index contributed by atoms with van der Waals surface area (Å²) < 4.78 is 0.